The number of amides is 1. The van der Waals surface area contributed by atoms with Crippen LogP contribution in [0, 0.1) is 11.8 Å². The number of hydrogen-bond donors (Lipinski definition) is 2. The summed E-state index contributed by atoms with van der Waals surface area (Å²) in [6.07, 6.45) is 3.22. The molecule has 4 nitrogen and oxygen atoms in total. The van der Waals surface area contributed by atoms with Crippen LogP contribution in [0.1, 0.15) is 15.2 Å². The monoisotopic (exact) mass is 258 g/mol. The first-order valence-electron chi connectivity index (χ1n) is 5.19. The average Bonchev–Trinajstić information content (AvgIpc) is 2.86. The van der Waals surface area contributed by atoms with E-state index in [0.717, 1.165) is 4.88 Å². The van der Waals surface area contributed by atoms with E-state index in [9.17, 15) is 4.79 Å². The Kier molecular flexibility index (Phi) is 4.07. The maximum absolute atomic E-state index is 11.9. The van der Waals surface area contributed by atoms with Crippen molar-refractivity contribution in [3.63, 3.8) is 0 Å². The first-order chi connectivity index (χ1) is 8.79. The van der Waals surface area contributed by atoms with Crippen LogP contribution in [0.25, 0.3) is 0 Å². The van der Waals surface area contributed by atoms with Crippen LogP contribution in [0.2, 0.25) is 0 Å². The van der Waals surface area contributed by atoms with E-state index in [0.29, 0.717) is 11.3 Å². The van der Waals surface area contributed by atoms with Crippen molar-refractivity contribution in [2.45, 2.75) is 0 Å². The molecule has 5 heteroatoms. The molecule has 0 fully saturated rings. The first kappa shape index (κ1) is 12.3. The number of rotatable bonds is 2. The molecule has 0 atom stereocenters. The molecule has 2 N–H and O–H groups in total. The van der Waals surface area contributed by atoms with Gasteiger partial charge in [-0.15, -0.1) is 11.3 Å². The van der Waals surface area contributed by atoms with Crippen molar-refractivity contribution in [2.75, 3.05) is 11.9 Å². The second-order valence-electron chi connectivity index (χ2n) is 3.36. The van der Waals surface area contributed by atoms with Gasteiger partial charge in [0.25, 0.3) is 5.91 Å². The highest BCUT2D eigenvalue weighted by atomic mass is 32.1. The van der Waals surface area contributed by atoms with Gasteiger partial charge in [0.2, 0.25) is 0 Å². The third-order valence-corrected chi connectivity index (χ3v) is 2.92. The minimum atomic E-state index is -0.198. The van der Waals surface area contributed by atoms with Crippen LogP contribution >= 0.6 is 11.3 Å². The minimum absolute atomic E-state index is 0.185. The zero-order valence-corrected chi connectivity index (χ0v) is 10.2. The van der Waals surface area contributed by atoms with Gasteiger partial charge in [0.15, 0.2) is 0 Å². The minimum Gasteiger partial charge on any atom is -0.384 e. The van der Waals surface area contributed by atoms with E-state index in [1.165, 1.54) is 11.3 Å². The van der Waals surface area contributed by atoms with E-state index < -0.39 is 0 Å². The van der Waals surface area contributed by atoms with E-state index in [-0.39, 0.29) is 12.5 Å². The largest absolute Gasteiger partial charge is 0.384 e. The zero-order valence-electron chi connectivity index (χ0n) is 9.38. The van der Waals surface area contributed by atoms with E-state index in [1.54, 1.807) is 36.0 Å². The number of aliphatic hydroxyl groups is 1. The average molecular weight is 258 g/mol. The molecule has 0 saturated heterocycles. The molecule has 0 aliphatic carbocycles. The number of nitrogens with one attached hydrogen (secondary N) is 1. The summed E-state index contributed by atoms with van der Waals surface area (Å²) in [5.41, 5.74) is 1.20. The SMILES string of the molecule is O=C(Nc1cccnc1)c1csc(C#CCO)c1. The summed E-state index contributed by atoms with van der Waals surface area (Å²) in [5.74, 6) is 5.10. The summed E-state index contributed by atoms with van der Waals surface area (Å²) in [6, 6.07) is 5.21. The van der Waals surface area contributed by atoms with E-state index in [2.05, 4.69) is 22.1 Å². The number of anilines is 1. The number of aromatic nitrogens is 1. The van der Waals surface area contributed by atoms with Gasteiger partial charge in [0.05, 0.1) is 22.3 Å². The molecule has 90 valence electrons. The second kappa shape index (κ2) is 5.96. The van der Waals surface area contributed by atoms with Gasteiger partial charge in [-0.05, 0) is 18.2 Å². The van der Waals surface area contributed by atoms with Gasteiger partial charge in [-0.25, -0.2) is 0 Å². The molecule has 0 aliphatic rings. The molecule has 2 rings (SSSR count). The topological polar surface area (TPSA) is 62.2 Å². The van der Waals surface area contributed by atoms with Crippen molar-refractivity contribution in [3.05, 3.63) is 46.4 Å². The summed E-state index contributed by atoms with van der Waals surface area (Å²) < 4.78 is 0. The van der Waals surface area contributed by atoms with Gasteiger partial charge >= 0.3 is 0 Å². The molecule has 0 aromatic carbocycles. The fraction of sp³-hybridized carbons (Fsp3) is 0.0769. The summed E-state index contributed by atoms with van der Waals surface area (Å²) in [4.78, 5) is 16.5. The molecular formula is C13H10N2O2S. The lowest BCUT2D eigenvalue weighted by atomic mass is 10.3. The van der Waals surface area contributed by atoms with Crippen LogP contribution in [-0.2, 0) is 0 Å². The highest BCUT2D eigenvalue weighted by Crippen LogP contribution is 2.15. The molecule has 0 spiro atoms. The second-order valence-corrected chi connectivity index (χ2v) is 4.27. The Morgan fingerprint density at radius 3 is 3.17 bits per heavy atom. The lowest BCUT2D eigenvalue weighted by Crippen LogP contribution is -2.10. The summed E-state index contributed by atoms with van der Waals surface area (Å²) >= 11 is 1.37. The van der Waals surface area contributed by atoms with Crippen molar-refractivity contribution < 1.29 is 9.90 Å². The van der Waals surface area contributed by atoms with Crippen LogP contribution in [-0.4, -0.2) is 22.6 Å². The number of hydrogen-bond acceptors (Lipinski definition) is 4. The van der Waals surface area contributed by atoms with Gasteiger partial charge in [-0.2, -0.15) is 0 Å². The highest BCUT2D eigenvalue weighted by Gasteiger charge is 2.08. The maximum atomic E-state index is 11.9. The van der Waals surface area contributed by atoms with E-state index in [4.69, 9.17) is 5.11 Å². The molecular weight excluding hydrogens is 248 g/mol. The summed E-state index contributed by atoms with van der Waals surface area (Å²) in [5, 5.41) is 13.0. The Balaban J connectivity index is 2.08. The Labute approximate surface area is 108 Å². The van der Waals surface area contributed by atoms with E-state index in [1.807, 2.05) is 0 Å². The quantitative estimate of drug-likeness (QED) is 0.806. The Morgan fingerprint density at radius 2 is 2.44 bits per heavy atom. The fourth-order valence-corrected chi connectivity index (χ4v) is 2.04. The molecule has 2 aromatic rings. The lowest BCUT2D eigenvalue weighted by Gasteiger charge is -2.01. The van der Waals surface area contributed by atoms with Crippen LogP contribution < -0.4 is 5.32 Å². The Morgan fingerprint density at radius 1 is 1.56 bits per heavy atom. The summed E-state index contributed by atoms with van der Waals surface area (Å²) in [7, 11) is 0. The molecule has 2 heterocycles. The number of carbonyl (C=O) groups excluding carboxylic acids is 1. The van der Waals surface area contributed by atoms with Gasteiger partial charge in [0, 0.05) is 11.6 Å². The van der Waals surface area contributed by atoms with Gasteiger partial charge in [-0.3, -0.25) is 9.78 Å². The fourth-order valence-electron chi connectivity index (χ4n) is 1.29. The predicted octanol–water partition coefficient (Wildman–Crippen LogP) is 1.74. The molecule has 0 unspecified atom stereocenters. The predicted molar refractivity (Wildman–Crippen MR) is 70.5 cm³/mol. The molecule has 0 saturated carbocycles. The molecule has 1 amide bonds. The van der Waals surface area contributed by atoms with Crippen LogP contribution in [0.4, 0.5) is 5.69 Å². The van der Waals surface area contributed by atoms with Crippen molar-refractivity contribution in [1.82, 2.24) is 4.98 Å². The van der Waals surface area contributed by atoms with Crippen molar-refractivity contribution >= 4 is 22.9 Å². The molecule has 0 radical (unpaired) electrons. The van der Waals surface area contributed by atoms with Crippen LogP contribution in [0.5, 0.6) is 0 Å². The standard InChI is InChI=1S/C13H10N2O2S/c16-6-2-4-12-7-10(9-18-12)13(17)15-11-3-1-5-14-8-11/h1,3,5,7-9,16H,6H2,(H,15,17). The third kappa shape index (κ3) is 3.17. The first-order valence-corrected chi connectivity index (χ1v) is 6.07. The Hall–Kier alpha value is -2.16. The number of thiophene rings is 1. The maximum Gasteiger partial charge on any atom is 0.256 e. The number of carbonyl (C=O) groups is 1. The lowest BCUT2D eigenvalue weighted by molar-refractivity contribution is 0.102. The van der Waals surface area contributed by atoms with Gasteiger partial charge in [-0.1, -0.05) is 11.8 Å². The summed E-state index contributed by atoms with van der Waals surface area (Å²) in [6.45, 7) is -0.185. The van der Waals surface area contributed by atoms with Crippen molar-refractivity contribution in [3.8, 4) is 11.8 Å². The van der Waals surface area contributed by atoms with Gasteiger partial charge in [0.1, 0.15) is 6.61 Å². The molecule has 18 heavy (non-hydrogen) atoms. The van der Waals surface area contributed by atoms with Crippen molar-refractivity contribution in [2.24, 2.45) is 0 Å². The smallest absolute Gasteiger partial charge is 0.256 e. The highest BCUT2D eigenvalue weighted by molar-refractivity contribution is 7.10. The zero-order chi connectivity index (χ0) is 12.8. The normalized spacial score (nSPS) is 9.39. The van der Waals surface area contributed by atoms with Crippen LogP contribution in [0.15, 0.2) is 36.0 Å². The molecule has 2 aromatic heterocycles. The van der Waals surface area contributed by atoms with Gasteiger partial charge < -0.3 is 10.4 Å². The number of pyridine rings is 1. The Bertz CT molecular complexity index is 596. The van der Waals surface area contributed by atoms with Crippen LogP contribution in [0.3, 0.4) is 0 Å². The van der Waals surface area contributed by atoms with Crippen molar-refractivity contribution in [1.29, 1.82) is 0 Å². The number of aliphatic hydroxyl groups excluding tert-OH is 1. The molecule has 0 aliphatic heterocycles. The third-order valence-electron chi connectivity index (χ3n) is 2.07. The number of nitrogens with zero attached hydrogens (tertiary/aromatic N) is 1. The van der Waals surface area contributed by atoms with E-state index >= 15 is 0 Å². The molecule has 0 bridgehead atoms.